The maximum absolute atomic E-state index is 12.1. The second-order valence-corrected chi connectivity index (χ2v) is 7.17. The van der Waals surface area contributed by atoms with Crippen LogP contribution in [0, 0.1) is 5.92 Å². The standard InChI is InChI=1S/C10H21IN2O2S/c1-9(2)10(8-11)12-16(14,15)13-6-4-3-5-7-13/h9-10,12H,3-8H2,1-2H3. The highest BCUT2D eigenvalue weighted by molar-refractivity contribution is 14.1. The lowest BCUT2D eigenvalue weighted by Gasteiger charge is -2.29. The summed E-state index contributed by atoms with van der Waals surface area (Å²) >= 11 is 2.23. The van der Waals surface area contributed by atoms with E-state index in [0.29, 0.717) is 19.0 Å². The molecule has 0 aromatic heterocycles. The van der Waals surface area contributed by atoms with Crippen LogP contribution in [0.4, 0.5) is 0 Å². The number of rotatable bonds is 5. The van der Waals surface area contributed by atoms with Gasteiger partial charge in [0, 0.05) is 23.6 Å². The van der Waals surface area contributed by atoms with Gasteiger partial charge in [-0.3, -0.25) is 0 Å². The van der Waals surface area contributed by atoms with E-state index in [1.54, 1.807) is 4.31 Å². The quantitative estimate of drug-likeness (QED) is 0.600. The normalized spacial score (nSPS) is 21.2. The van der Waals surface area contributed by atoms with Crippen LogP contribution in [-0.2, 0) is 10.2 Å². The third-order valence-electron chi connectivity index (χ3n) is 2.93. The van der Waals surface area contributed by atoms with Gasteiger partial charge in [-0.25, -0.2) is 0 Å². The van der Waals surface area contributed by atoms with Crippen molar-refractivity contribution in [1.29, 1.82) is 0 Å². The molecule has 1 atom stereocenters. The molecule has 0 bridgehead atoms. The molecule has 0 amide bonds. The Balaban J connectivity index is 2.62. The molecule has 4 nitrogen and oxygen atoms in total. The van der Waals surface area contributed by atoms with Crippen molar-refractivity contribution in [2.75, 3.05) is 17.5 Å². The van der Waals surface area contributed by atoms with Gasteiger partial charge >= 0.3 is 0 Å². The highest BCUT2D eigenvalue weighted by Crippen LogP contribution is 2.14. The average Bonchev–Trinajstić information content (AvgIpc) is 2.27. The third-order valence-corrected chi connectivity index (χ3v) is 5.52. The van der Waals surface area contributed by atoms with E-state index in [9.17, 15) is 8.42 Å². The van der Waals surface area contributed by atoms with Crippen LogP contribution in [0.2, 0.25) is 0 Å². The Kier molecular flexibility index (Phi) is 5.97. The number of hydrogen-bond acceptors (Lipinski definition) is 2. The summed E-state index contributed by atoms with van der Waals surface area (Å²) in [5, 5.41) is 0. The highest BCUT2D eigenvalue weighted by atomic mass is 127. The predicted molar refractivity (Wildman–Crippen MR) is 75.0 cm³/mol. The molecule has 16 heavy (non-hydrogen) atoms. The number of hydrogen-bond donors (Lipinski definition) is 1. The molecule has 1 unspecified atom stereocenters. The molecule has 0 aromatic carbocycles. The number of nitrogens with one attached hydrogen (secondary N) is 1. The Morgan fingerprint density at radius 2 is 1.81 bits per heavy atom. The van der Waals surface area contributed by atoms with Crippen molar-refractivity contribution >= 4 is 32.8 Å². The Hall–Kier alpha value is 0.600. The lowest BCUT2D eigenvalue weighted by molar-refractivity contribution is 0.335. The van der Waals surface area contributed by atoms with E-state index in [1.807, 2.05) is 13.8 Å². The zero-order valence-electron chi connectivity index (χ0n) is 9.95. The van der Waals surface area contributed by atoms with Crippen LogP contribution >= 0.6 is 22.6 Å². The lowest BCUT2D eigenvalue weighted by atomic mass is 10.1. The second-order valence-electron chi connectivity index (χ2n) is 4.59. The molecule has 1 aliphatic heterocycles. The van der Waals surface area contributed by atoms with E-state index >= 15 is 0 Å². The minimum atomic E-state index is -3.26. The molecule has 1 heterocycles. The molecule has 0 spiro atoms. The number of piperidine rings is 1. The van der Waals surface area contributed by atoms with Gasteiger partial charge < -0.3 is 0 Å². The fraction of sp³-hybridized carbons (Fsp3) is 1.00. The SMILES string of the molecule is CC(C)C(CI)NS(=O)(=O)N1CCCCC1. The number of alkyl halides is 1. The largest absolute Gasteiger partial charge is 0.279 e. The fourth-order valence-corrected chi connectivity index (χ4v) is 4.88. The Morgan fingerprint density at radius 3 is 2.25 bits per heavy atom. The molecule has 1 rings (SSSR count). The summed E-state index contributed by atoms with van der Waals surface area (Å²) in [5.74, 6) is 0.330. The maximum atomic E-state index is 12.1. The zero-order chi connectivity index (χ0) is 12.2. The van der Waals surface area contributed by atoms with Crippen molar-refractivity contribution in [2.24, 2.45) is 5.92 Å². The van der Waals surface area contributed by atoms with Gasteiger partial charge in [-0.15, -0.1) is 0 Å². The molecule has 1 aliphatic rings. The van der Waals surface area contributed by atoms with E-state index in [0.717, 1.165) is 23.7 Å². The molecule has 1 fully saturated rings. The first-order valence-electron chi connectivity index (χ1n) is 5.80. The van der Waals surface area contributed by atoms with Gasteiger partial charge in [0.15, 0.2) is 0 Å². The lowest BCUT2D eigenvalue weighted by Crippen LogP contribution is -2.49. The van der Waals surface area contributed by atoms with Crippen molar-refractivity contribution in [3.8, 4) is 0 Å². The van der Waals surface area contributed by atoms with Crippen LogP contribution in [0.5, 0.6) is 0 Å². The van der Waals surface area contributed by atoms with Crippen molar-refractivity contribution < 1.29 is 8.42 Å². The number of halogens is 1. The molecule has 0 saturated carbocycles. The molecular formula is C10H21IN2O2S. The van der Waals surface area contributed by atoms with Gasteiger partial charge in [0.25, 0.3) is 10.2 Å². The van der Waals surface area contributed by atoms with Crippen molar-refractivity contribution in [3.63, 3.8) is 0 Å². The summed E-state index contributed by atoms with van der Waals surface area (Å²) in [6.45, 7) is 5.42. The maximum Gasteiger partial charge on any atom is 0.279 e. The van der Waals surface area contributed by atoms with E-state index in [4.69, 9.17) is 0 Å². The topological polar surface area (TPSA) is 49.4 Å². The van der Waals surface area contributed by atoms with Crippen LogP contribution in [-0.4, -0.2) is 36.3 Å². The van der Waals surface area contributed by atoms with Crippen LogP contribution in [0.15, 0.2) is 0 Å². The van der Waals surface area contributed by atoms with Crippen LogP contribution in [0.3, 0.4) is 0 Å². The third kappa shape index (κ3) is 4.12. The van der Waals surface area contributed by atoms with E-state index in [1.165, 1.54) is 0 Å². The van der Waals surface area contributed by atoms with Crippen LogP contribution in [0.25, 0.3) is 0 Å². The van der Waals surface area contributed by atoms with E-state index < -0.39 is 10.2 Å². The Morgan fingerprint density at radius 1 is 1.25 bits per heavy atom. The Labute approximate surface area is 112 Å². The minimum Gasteiger partial charge on any atom is -0.198 e. The minimum absolute atomic E-state index is 0.0347. The van der Waals surface area contributed by atoms with Crippen LogP contribution in [0.1, 0.15) is 33.1 Å². The molecule has 1 N–H and O–H groups in total. The first kappa shape index (κ1) is 14.7. The molecule has 1 saturated heterocycles. The monoisotopic (exact) mass is 360 g/mol. The summed E-state index contributed by atoms with van der Waals surface area (Å²) in [5.41, 5.74) is 0. The molecule has 0 aliphatic carbocycles. The van der Waals surface area contributed by atoms with E-state index in [-0.39, 0.29) is 6.04 Å². The van der Waals surface area contributed by atoms with Gasteiger partial charge in [0.1, 0.15) is 0 Å². The van der Waals surface area contributed by atoms with Gasteiger partial charge in [-0.1, -0.05) is 42.9 Å². The first-order chi connectivity index (χ1) is 7.47. The molecule has 0 radical (unpaired) electrons. The zero-order valence-corrected chi connectivity index (χ0v) is 12.9. The number of nitrogens with zero attached hydrogens (tertiary/aromatic N) is 1. The van der Waals surface area contributed by atoms with Crippen molar-refractivity contribution in [2.45, 2.75) is 39.2 Å². The predicted octanol–water partition coefficient (Wildman–Crippen LogP) is 1.77. The Bertz CT molecular complexity index is 300. The first-order valence-corrected chi connectivity index (χ1v) is 8.77. The summed E-state index contributed by atoms with van der Waals surface area (Å²) in [7, 11) is -3.26. The fourth-order valence-electron chi connectivity index (χ4n) is 1.72. The molecular weight excluding hydrogens is 339 g/mol. The van der Waals surface area contributed by atoms with Crippen molar-refractivity contribution in [1.82, 2.24) is 9.03 Å². The van der Waals surface area contributed by atoms with Crippen LogP contribution < -0.4 is 4.72 Å². The summed E-state index contributed by atoms with van der Waals surface area (Å²) in [6.07, 6.45) is 3.11. The smallest absolute Gasteiger partial charge is 0.198 e. The van der Waals surface area contributed by atoms with E-state index in [2.05, 4.69) is 27.3 Å². The summed E-state index contributed by atoms with van der Waals surface area (Å²) < 4.78 is 29.3. The molecule has 96 valence electrons. The molecule has 6 heteroatoms. The van der Waals surface area contributed by atoms with Gasteiger partial charge in [0.2, 0.25) is 0 Å². The van der Waals surface area contributed by atoms with Gasteiger partial charge in [-0.2, -0.15) is 17.4 Å². The van der Waals surface area contributed by atoms with Gasteiger partial charge in [0.05, 0.1) is 0 Å². The summed E-state index contributed by atoms with van der Waals surface area (Å²) in [4.78, 5) is 0. The highest BCUT2D eigenvalue weighted by Gasteiger charge is 2.27. The van der Waals surface area contributed by atoms with Crippen molar-refractivity contribution in [3.05, 3.63) is 0 Å². The second kappa shape index (κ2) is 6.51. The van der Waals surface area contributed by atoms with Gasteiger partial charge in [-0.05, 0) is 18.8 Å². The summed E-state index contributed by atoms with van der Waals surface area (Å²) in [6, 6.07) is 0.0347. The average molecular weight is 360 g/mol. The molecule has 0 aromatic rings.